The van der Waals surface area contributed by atoms with Crippen LogP contribution in [0.1, 0.15) is 25.3 Å². The normalized spacial score (nSPS) is 19.3. The lowest BCUT2D eigenvalue weighted by atomic mass is 9.99. The third kappa shape index (κ3) is 3.84. The quantitative estimate of drug-likeness (QED) is 0.882. The largest absolute Gasteiger partial charge is 0.495 e. The van der Waals surface area contributed by atoms with Crippen LogP contribution in [-0.4, -0.2) is 45.4 Å². The van der Waals surface area contributed by atoms with Gasteiger partial charge in [0.25, 0.3) is 0 Å². The molecule has 1 aliphatic rings. The standard InChI is InChI=1S/C16H24N2O4S/c1-4-17-16(19)13-6-5-9-18(11-13)23(20,21)15-10-12(2)7-8-14(15)22-3/h7-8,10,13H,4-6,9,11H2,1-3H3,(H,17,19). The number of hydrogen-bond donors (Lipinski definition) is 1. The van der Waals surface area contributed by atoms with Crippen molar-refractivity contribution in [3.8, 4) is 5.75 Å². The van der Waals surface area contributed by atoms with Crippen LogP contribution in [0.2, 0.25) is 0 Å². The van der Waals surface area contributed by atoms with E-state index in [9.17, 15) is 13.2 Å². The summed E-state index contributed by atoms with van der Waals surface area (Å²) in [5.41, 5.74) is 0.849. The number of ether oxygens (including phenoxy) is 1. The van der Waals surface area contributed by atoms with Crippen molar-refractivity contribution < 1.29 is 17.9 Å². The molecular formula is C16H24N2O4S. The van der Waals surface area contributed by atoms with Crippen LogP contribution in [0.3, 0.4) is 0 Å². The van der Waals surface area contributed by atoms with E-state index in [0.717, 1.165) is 5.56 Å². The summed E-state index contributed by atoms with van der Waals surface area (Å²) in [4.78, 5) is 12.2. The molecule has 0 bridgehead atoms. The van der Waals surface area contributed by atoms with Crippen molar-refractivity contribution in [2.45, 2.75) is 31.6 Å². The Hall–Kier alpha value is -1.60. The van der Waals surface area contributed by atoms with Crippen LogP contribution in [0, 0.1) is 12.8 Å². The number of hydrogen-bond acceptors (Lipinski definition) is 4. The van der Waals surface area contributed by atoms with Crippen LogP contribution in [0.25, 0.3) is 0 Å². The molecule has 1 saturated heterocycles. The molecule has 128 valence electrons. The van der Waals surface area contributed by atoms with Crippen molar-refractivity contribution in [3.05, 3.63) is 23.8 Å². The van der Waals surface area contributed by atoms with Gasteiger partial charge in [0.15, 0.2) is 0 Å². The molecule has 1 atom stereocenters. The number of rotatable bonds is 5. The molecule has 1 heterocycles. The van der Waals surface area contributed by atoms with Gasteiger partial charge < -0.3 is 10.1 Å². The Morgan fingerprint density at radius 3 is 2.83 bits per heavy atom. The molecule has 0 aliphatic carbocycles. The molecule has 1 unspecified atom stereocenters. The van der Waals surface area contributed by atoms with Crippen LogP contribution in [0.15, 0.2) is 23.1 Å². The first-order valence-electron chi connectivity index (χ1n) is 7.82. The molecule has 1 aromatic carbocycles. The van der Waals surface area contributed by atoms with Gasteiger partial charge in [0.2, 0.25) is 15.9 Å². The van der Waals surface area contributed by atoms with E-state index < -0.39 is 10.0 Å². The molecule has 1 aliphatic heterocycles. The second kappa shape index (κ2) is 7.31. The van der Waals surface area contributed by atoms with Crippen molar-refractivity contribution in [2.75, 3.05) is 26.7 Å². The van der Waals surface area contributed by atoms with E-state index in [-0.39, 0.29) is 23.3 Å². The summed E-state index contributed by atoms with van der Waals surface area (Å²) >= 11 is 0. The lowest BCUT2D eigenvalue weighted by Crippen LogP contribution is -2.45. The highest BCUT2D eigenvalue weighted by Crippen LogP contribution is 2.30. The highest BCUT2D eigenvalue weighted by molar-refractivity contribution is 7.89. The Morgan fingerprint density at radius 2 is 2.17 bits per heavy atom. The van der Waals surface area contributed by atoms with Crippen molar-refractivity contribution in [1.29, 1.82) is 0 Å². The minimum atomic E-state index is -3.68. The summed E-state index contributed by atoms with van der Waals surface area (Å²) in [6.45, 7) is 4.88. The van der Waals surface area contributed by atoms with Gasteiger partial charge in [-0.25, -0.2) is 8.42 Å². The van der Waals surface area contributed by atoms with E-state index in [1.54, 1.807) is 12.1 Å². The summed E-state index contributed by atoms with van der Waals surface area (Å²) < 4.78 is 32.5. The molecule has 1 amide bonds. The van der Waals surface area contributed by atoms with E-state index >= 15 is 0 Å². The van der Waals surface area contributed by atoms with Crippen molar-refractivity contribution >= 4 is 15.9 Å². The Kier molecular flexibility index (Phi) is 5.64. The zero-order valence-corrected chi connectivity index (χ0v) is 14.6. The van der Waals surface area contributed by atoms with Crippen LogP contribution in [0.4, 0.5) is 0 Å². The van der Waals surface area contributed by atoms with Crippen LogP contribution < -0.4 is 10.1 Å². The molecule has 1 aromatic rings. The predicted molar refractivity (Wildman–Crippen MR) is 87.9 cm³/mol. The first-order valence-corrected chi connectivity index (χ1v) is 9.26. The van der Waals surface area contributed by atoms with Gasteiger partial charge in [-0.3, -0.25) is 4.79 Å². The van der Waals surface area contributed by atoms with Gasteiger partial charge in [-0.15, -0.1) is 0 Å². The number of carbonyl (C=O) groups excluding carboxylic acids is 1. The summed E-state index contributed by atoms with van der Waals surface area (Å²) in [6, 6.07) is 5.09. The Balaban J connectivity index is 2.29. The molecule has 1 N–H and O–H groups in total. The second-order valence-electron chi connectivity index (χ2n) is 5.75. The number of amides is 1. The molecule has 0 aromatic heterocycles. The molecule has 2 rings (SSSR count). The number of benzene rings is 1. The number of aryl methyl sites for hydroxylation is 1. The Bertz CT molecular complexity index is 673. The minimum absolute atomic E-state index is 0.0800. The van der Waals surface area contributed by atoms with Crippen molar-refractivity contribution in [3.63, 3.8) is 0 Å². The van der Waals surface area contributed by atoms with Crippen molar-refractivity contribution in [2.24, 2.45) is 5.92 Å². The fourth-order valence-electron chi connectivity index (χ4n) is 2.82. The summed E-state index contributed by atoms with van der Waals surface area (Å²) in [6.07, 6.45) is 1.39. The van der Waals surface area contributed by atoms with Gasteiger partial charge in [-0.1, -0.05) is 6.07 Å². The van der Waals surface area contributed by atoms with Gasteiger partial charge in [0.05, 0.1) is 13.0 Å². The third-order valence-electron chi connectivity index (χ3n) is 4.04. The Morgan fingerprint density at radius 1 is 1.43 bits per heavy atom. The Labute approximate surface area is 137 Å². The molecule has 0 spiro atoms. The second-order valence-corrected chi connectivity index (χ2v) is 7.66. The maximum Gasteiger partial charge on any atom is 0.246 e. The monoisotopic (exact) mass is 340 g/mol. The fraction of sp³-hybridized carbons (Fsp3) is 0.562. The lowest BCUT2D eigenvalue weighted by Gasteiger charge is -2.31. The smallest absolute Gasteiger partial charge is 0.246 e. The van der Waals surface area contributed by atoms with Crippen LogP contribution in [0.5, 0.6) is 5.75 Å². The third-order valence-corrected chi connectivity index (χ3v) is 5.93. The number of carbonyl (C=O) groups is 1. The maximum atomic E-state index is 13.0. The van der Waals surface area contributed by atoms with Crippen LogP contribution in [-0.2, 0) is 14.8 Å². The molecule has 0 radical (unpaired) electrons. The number of sulfonamides is 1. The van der Waals surface area contributed by atoms with E-state index in [1.807, 2.05) is 19.9 Å². The lowest BCUT2D eigenvalue weighted by molar-refractivity contribution is -0.125. The first kappa shape index (κ1) is 17.7. The average Bonchev–Trinajstić information content (AvgIpc) is 2.55. The van der Waals surface area contributed by atoms with Crippen molar-refractivity contribution in [1.82, 2.24) is 9.62 Å². The highest BCUT2D eigenvalue weighted by Gasteiger charge is 2.34. The number of piperidine rings is 1. The van der Waals surface area contributed by atoms with Gasteiger partial charge >= 0.3 is 0 Å². The molecule has 0 saturated carbocycles. The summed E-state index contributed by atoms with van der Waals surface area (Å²) in [5.74, 6) is -0.0476. The van der Waals surface area contributed by atoms with E-state index in [1.165, 1.54) is 11.4 Å². The van der Waals surface area contributed by atoms with E-state index in [4.69, 9.17) is 4.74 Å². The summed E-state index contributed by atoms with van der Waals surface area (Å²) in [7, 11) is -2.22. The zero-order chi connectivity index (χ0) is 17.0. The number of nitrogens with zero attached hydrogens (tertiary/aromatic N) is 1. The fourth-order valence-corrected chi connectivity index (χ4v) is 4.58. The molecule has 1 fully saturated rings. The number of methoxy groups -OCH3 is 1. The minimum Gasteiger partial charge on any atom is -0.495 e. The highest BCUT2D eigenvalue weighted by atomic mass is 32.2. The van der Waals surface area contributed by atoms with Gasteiger partial charge in [-0.2, -0.15) is 4.31 Å². The van der Waals surface area contributed by atoms with Crippen LogP contribution >= 0.6 is 0 Å². The van der Waals surface area contributed by atoms with Gasteiger partial charge in [0, 0.05) is 19.6 Å². The molecule has 6 nitrogen and oxygen atoms in total. The van der Waals surface area contributed by atoms with E-state index in [0.29, 0.717) is 31.7 Å². The maximum absolute atomic E-state index is 13.0. The van der Waals surface area contributed by atoms with Gasteiger partial charge in [-0.05, 0) is 44.4 Å². The zero-order valence-electron chi connectivity index (χ0n) is 13.8. The molecule has 23 heavy (non-hydrogen) atoms. The molecule has 7 heteroatoms. The predicted octanol–water partition coefficient (Wildman–Crippen LogP) is 1.54. The summed E-state index contributed by atoms with van der Waals surface area (Å²) in [5, 5.41) is 2.77. The average molecular weight is 340 g/mol. The van der Waals surface area contributed by atoms with Gasteiger partial charge in [0.1, 0.15) is 10.6 Å². The topological polar surface area (TPSA) is 75.7 Å². The van der Waals surface area contributed by atoms with E-state index in [2.05, 4.69) is 5.32 Å². The number of nitrogens with one attached hydrogen (secondary N) is 1. The SMILES string of the molecule is CCNC(=O)C1CCCN(S(=O)(=O)c2cc(C)ccc2OC)C1. The molecular weight excluding hydrogens is 316 g/mol. The first-order chi connectivity index (χ1) is 10.9.